The fraction of sp³-hybridized carbons (Fsp3) is 0.870. The zero-order valence-electron chi connectivity index (χ0n) is 17.7. The highest BCUT2D eigenvalue weighted by atomic mass is 14.4. The molecule has 0 N–H and O–H groups in total. The molecule has 2 aliphatic rings. The van der Waals surface area contributed by atoms with Gasteiger partial charge >= 0.3 is 0 Å². The third-order valence-corrected chi connectivity index (χ3v) is 8.29. The van der Waals surface area contributed by atoms with Gasteiger partial charge in [0, 0.05) is 0 Å². The summed E-state index contributed by atoms with van der Waals surface area (Å²) < 4.78 is 0. The topological polar surface area (TPSA) is 0 Å². The zero-order chi connectivity index (χ0) is 18.5. The molecule has 0 aromatic carbocycles. The molecule has 0 radical (unpaired) electrons. The van der Waals surface area contributed by atoms with Gasteiger partial charge in [-0.3, -0.25) is 0 Å². The molecule has 0 saturated heterocycles. The molecule has 0 heterocycles. The second kappa shape index (κ2) is 9.73. The summed E-state index contributed by atoms with van der Waals surface area (Å²) in [6.07, 6.45) is 0. The van der Waals surface area contributed by atoms with E-state index in [1.54, 1.807) is 0 Å². The summed E-state index contributed by atoms with van der Waals surface area (Å²) >= 11 is 0. The molecule has 136 valence electrons. The van der Waals surface area contributed by atoms with E-state index in [4.69, 9.17) is 0 Å². The van der Waals surface area contributed by atoms with Crippen LogP contribution < -0.4 is 0 Å². The standard InChI is InChI=1S/2C10H20.C3H4/c2*1-6-7(2)9(4)10(5)8(6)3;1-3-2/h2*6-10H,1-5H3;1-2H2. The normalized spacial score (nSPS) is 48.6. The maximum atomic E-state index is 3.12. The van der Waals surface area contributed by atoms with Crippen molar-refractivity contribution >= 4 is 0 Å². The molecule has 0 atom stereocenters. The van der Waals surface area contributed by atoms with Crippen LogP contribution in [0.4, 0.5) is 0 Å². The van der Waals surface area contributed by atoms with Crippen LogP contribution >= 0.6 is 0 Å². The Morgan fingerprint density at radius 2 is 0.391 bits per heavy atom. The van der Waals surface area contributed by atoms with E-state index in [9.17, 15) is 0 Å². The summed E-state index contributed by atoms with van der Waals surface area (Å²) in [4.78, 5) is 0. The Morgan fingerprint density at radius 1 is 0.348 bits per heavy atom. The number of rotatable bonds is 0. The Morgan fingerprint density at radius 3 is 0.435 bits per heavy atom. The van der Waals surface area contributed by atoms with Gasteiger partial charge in [0.05, 0.1) is 0 Å². The first-order valence-corrected chi connectivity index (χ1v) is 9.81. The lowest BCUT2D eigenvalue weighted by Gasteiger charge is -2.14. The van der Waals surface area contributed by atoms with Gasteiger partial charge in [-0.05, 0) is 59.2 Å². The highest BCUT2D eigenvalue weighted by Crippen LogP contribution is 2.45. The lowest BCUT2D eigenvalue weighted by atomic mass is 9.92. The largest absolute Gasteiger partial charge is 0.137 e. The minimum Gasteiger partial charge on any atom is -0.137 e. The van der Waals surface area contributed by atoms with E-state index in [-0.39, 0.29) is 0 Å². The first-order valence-electron chi connectivity index (χ1n) is 9.81. The minimum absolute atomic E-state index is 0.935. The van der Waals surface area contributed by atoms with Crippen molar-refractivity contribution in [3.63, 3.8) is 0 Å². The molecule has 0 aliphatic heterocycles. The van der Waals surface area contributed by atoms with E-state index in [1.165, 1.54) is 0 Å². The van der Waals surface area contributed by atoms with Gasteiger partial charge in [0.2, 0.25) is 0 Å². The highest BCUT2D eigenvalue weighted by Gasteiger charge is 2.39. The summed E-state index contributed by atoms with van der Waals surface area (Å²) in [5.41, 5.74) is 2.25. The maximum absolute atomic E-state index is 3.12. The van der Waals surface area contributed by atoms with Crippen molar-refractivity contribution < 1.29 is 0 Å². The van der Waals surface area contributed by atoms with Crippen molar-refractivity contribution in [3.05, 3.63) is 18.9 Å². The molecule has 0 aromatic rings. The molecule has 0 spiro atoms. The van der Waals surface area contributed by atoms with Crippen LogP contribution in [0.5, 0.6) is 0 Å². The van der Waals surface area contributed by atoms with Gasteiger partial charge in [-0.15, -0.1) is 5.73 Å². The van der Waals surface area contributed by atoms with E-state index in [0.717, 1.165) is 59.2 Å². The molecule has 23 heavy (non-hydrogen) atoms. The third kappa shape index (κ3) is 5.25. The van der Waals surface area contributed by atoms with Crippen molar-refractivity contribution in [1.82, 2.24) is 0 Å². The summed E-state index contributed by atoms with van der Waals surface area (Å²) in [5, 5.41) is 0. The molecule has 0 bridgehead atoms. The maximum Gasteiger partial charge on any atom is -0.0386 e. The molecular formula is C23H44. The quantitative estimate of drug-likeness (QED) is 0.410. The van der Waals surface area contributed by atoms with Crippen molar-refractivity contribution in [1.29, 1.82) is 0 Å². The third-order valence-electron chi connectivity index (χ3n) is 8.29. The predicted molar refractivity (Wildman–Crippen MR) is 106 cm³/mol. The van der Waals surface area contributed by atoms with Gasteiger partial charge in [0.15, 0.2) is 0 Å². The van der Waals surface area contributed by atoms with Crippen LogP contribution in [0.15, 0.2) is 18.9 Å². The summed E-state index contributed by atoms with van der Waals surface area (Å²) in [6, 6.07) is 0. The summed E-state index contributed by atoms with van der Waals surface area (Å²) in [5.74, 6) is 9.35. The molecule has 2 rings (SSSR count). The van der Waals surface area contributed by atoms with Crippen LogP contribution in [0, 0.1) is 59.2 Å². The molecule has 0 amide bonds. The highest BCUT2D eigenvalue weighted by molar-refractivity contribution is 4.87. The van der Waals surface area contributed by atoms with Gasteiger partial charge in [0.25, 0.3) is 0 Å². The van der Waals surface area contributed by atoms with Gasteiger partial charge in [0.1, 0.15) is 0 Å². The molecule has 0 heteroatoms. The smallest absolute Gasteiger partial charge is 0.0386 e. The molecule has 2 saturated carbocycles. The Kier molecular flexibility index (Phi) is 9.53. The Balaban J connectivity index is 0.000000360. The fourth-order valence-corrected chi connectivity index (χ4v) is 4.79. The van der Waals surface area contributed by atoms with Crippen LogP contribution in [0.25, 0.3) is 0 Å². The van der Waals surface area contributed by atoms with E-state index in [0.29, 0.717) is 0 Å². The minimum atomic E-state index is 0.935. The molecule has 0 unspecified atom stereocenters. The molecule has 0 aromatic heterocycles. The number of hydrogen-bond acceptors (Lipinski definition) is 0. The first kappa shape index (κ1) is 22.5. The van der Waals surface area contributed by atoms with E-state index < -0.39 is 0 Å². The average Bonchev–Trinajstić information content (AvgIpc) is 2.80. The molecule has 2 aliphatic carbocycles. The van der Waals surface area contributed by atoms with Crippen LogP contribution in [-0.2, 0) is 0 Å². The predicted octanol–water partition coefficient (Wildman–Crippen LogP) is 7.32. The van der Waals surface area contributed by atoms with Gasteiger partial charge in [-0.1, -0.05) is 82.4 Å². The second-order valence-corrected chi connectivity index (χ2v) is 8.84. The van der Waals surface area contributed by atoms with Crippen molar-refractivity contribution in [2.75, 3.05) is 0 Å². The van der Waals surface area contributed by atoms with E-state index >= 15 is 0 Å². The van der Waals surface area contributed by atoms with Crippen molar-refractivity contribution in [2.24, 2.45) is 59.2 Å². The van der Waals surface area contributed by atoms with Gasteiger partial charge in [-0.2, -0.15) is 0 Å². The van der Waals surface area contributed by atoms with E-state index in [2.05, 4.69) is 88.1 Å². The monoisotopic (exact) mass is 320 g/mol. The van der Waals surface area contributed by atoms with Crippen molar-refractivity contribution in [3.8, 4) is 0 Å². The molecule has 2 fully saturated rings. The van der Waals surface area contributed by atoms with Crippen LogP contribution in [0.3, 0.4) is 0 Å². The van der Waals surface area contributed by atoms with Crippen molar-refractivity contribution in [2.45, 2.75) is 69.2 Å². The molecule has 0 nitrogen and oxygen atoms in total. The fourth-order valence-electron chi connectivity index (χ4n) is 4.79. The number of hydrogen-bond donors (Lipinski definition) is 0. The lowest BCUT2D eigenvalue weighted by Crippen LogP contribution is -2.07. The van der Waals surface area contributed by atoms with Crippen LogP contribution in [0.1, 0.15) is 69.2 Å². The van der Waals surface area contributed by atoms with Crippen LogP contribution in [-0.4, -0.2) is 0 Å². The lowest BCUT2D eigenvalue weighted by molar-refractivity contribution is 0.352. The van der Waals surface area contributed by atoms with Gasteiger partial charge in [-0.25, -0.2) is 0 Å². The summed E-state index contributed by atoms with van der Waals surface area (Å²) in [6.45, 7) is 30.2. The second-order valence-electron chi connectivity index (χ2n) is 8.84. The Bertz CT molecular complexity index is 243. The average molecular weight is 321 g/mol. The molecular weight excluding hydrogens is 276 g/mol. The Labute approximate surface area is 147 Å². The first-order chi connectivity index (χ1) is 10.5. The van der Waals surface area contributed by atoms with E-state index in [1.807, 2.05) is 0 Å². The zero-order valence-corrected chi connectivity index (χ0v) is 17.7. The summed E-state index contributed by atoms with van der Waals surface area (Å²) in [7, 11) is 0. The van der Waals surface area contributed by atoms with Gasteiger partial charge < -0.3 is 0 Å². The Hall–Kier alpha value is -0.480. The van der Waals surface area contributed by atoms with Crippen LogP contribution in [0.2, 0.25) is 0 Å². The SMILES string of the molecule is C=C=C.CC1C(C)C(C)C(C)C1C.CC1C(C)C(C)C(C)C1C.